The van der Waals surface area contributed by atoms with Crippen molar-refractivity contribution in [2.24, 2.45) is 5.14 Å². The summed E-state index contributed by atoms with van der Waals surface area (Å²) in [5, 5.41) is 21.2. The summed E-state index contributed by atoms with van der Waals surface area (Å²) >= 11 is 6.13. The highest BCUT2D eigenvalue weighted by atomic mass is 35.5. The third-order valence-electron chi connectivity index (χ3n) is 6.48. The summed E-state index contributed by atoms with van der Waals surface area (Å²) in [6.45, 7) is 1.86. The maximum atomic E-state index is 13.0. The van der Waals surface area contributed by atoms with Gasteiger partial charge in [0.15, 0.2) is 23.1 Å². The zero-order valence-corrected chi connectivity index (χ0v) is 22.9. The van der Waals surface area contributed by atoms with Gasteiger partial charge < -0.3 is 25.0 Å². The van der Waals surface area contributed by atoms with E-state index in [-0.39, 0.29) is 40.0 Å². The van der Waals surface area contributed by atoms with Crippen LogP contribution in [0, 0.1) is 0 Å². The minimum absolute atomic E-state index is 0.0308. The fourth-order valence-electron chi connectivity index (χ4n) is 4.48. The van der Waals surface area contributed by atoms with Crippen molar-refractivity contribution in [3.8, 4) is 0 Å². The molecular weight excluding hydrogens is 595 g/mol. The van der Waals surface area contributed by atoms with Gasteiger partial charge in [-0.25, -0.2) is 23.3 Å². The van der Waals surface area contributed by atoms with Gasteiger partial charge in [0.1, 0.15) is 6.10 Å². The van der Waals surface area contributed by atoms with Crippen molar-refractivity contribution < 1.29 is 41.0 Å². The summed E-state index contributed by atoms with van der Waals surface area (Å²) in [7, 11) is -3.83. The summed E-state index contributed by atoms with van der Waals surface area (Å²) in [6, 6.07) is 3.83. The molecule has 222 valence electrons. The number of imidazole rings is 1. The molecule has 1 aliphatic rings. The van der Waals surface area contributed by atoms with E-state index in [2.05, 4.69) is 30.3 Å². The Morgan fingerprint density at radius 2 is 1.93 bits per heavy atom. The number of hydrogen-bond donors (Lipinski definition) is 4. The van der Waals surface area contributed by atoms with Crippen LogP contribution in [0.3, 0.4) is 0 Å². The molecule has 18 heteroatoms. The lowest BCUT2D eigenvalue weighted by molar-refractivity contribution is -0.209. The number of benzene rings is 1. The lowest BCUT2D eigenvalue weighted by Crippen LogP contribution is -2.45. The molecule has 1 fully saturated rings. The second-order valence-electron chi connectivity index (χ2n) is 9.22. The molecule has 0 saturated heterocycles. The normalized spacial score (nSPS) is 21.1. The number of aromatic nitrogens is 4. The van der Waals surface area contributed by atoms with Crippen LogP contribution >= 0.6 is 11.6 Å². The predicted octanol–water partition coefficient (Wildman–Crippen LogP) is 1.46. The number of halogens is 4. The van der Waals surface area contributed by atoms with Gasteiger partial charge >= 0.3 is 12.1 Å². The van der Waals surface area contributed by atoms with E-state index in [1.54, 1.807) is 19.1 Å². The molecule has 1 aliphatic carbocycles. The SMILES string of the molecule is CCC(=O)N[C@H]1C[C@@H](n2cnc3c(NCCc4ccc(S(N)(=O)=O)cc4)nc(Cl)nc32)[C@H](OC(=O)C(F)(F)F)[C@@H]1O. The number of nitrogens with zero attached hydrogens (tertiary/aromatic N) is 4. The molecule has 5 N–H and O–H groups in total. The molecule has 4 atom stereocenters. The van der Waals surface area contributed by atoms with Crippen molar-refractivity contribution >= 4 is 50.5 Å². The number of alkyl halides is 3. The zero-order valence-electron chi connectivity index (χ0n) is 21.3. The third-order valence-corrected chi connectivity index (χ3v) is 7.57. The largest absolute Gasteiger partial charge is 0.490 e. The van der Waals surface area contributed by atoms with Gasteiger partial charge in [-0.15, -0.1) is 0 Å². The molecule has 4 rings (SSSR count). The lowest BCUT2D eigenvalue weighted by atomic mass is 10.1. The smallest absolute Gasteiger partial charge is 0.451 e. The second kappa shape index (κ2) is 11.8. The first-order valence-electron chi connectivity index (χ1n) is 12.2. The van der Waals surface area contributed by atoms with Crippen molar-refractivity contribution in [1.82, 2.24) is 24.8 Å². The summed E-state index contributed by atoms with van der Waals surface area (Å²) in [5.41, 5.74) is 1.05. The van der Waals surface area contributed by atoms with Crippen molar-refractivity contribution in [1.29, 1.82) is 0 Å². The molecule has 0 bridgehead atoms. The third kappa shape index (κ3) is 6.86. The van der Waals surface area contributed by atoms with E-state index in [1.165, 1.54) is 23.0 Å². The summed E-state index contributed by atoms with van der Waals surface area (Å²) in [6.07, 6.45) is -7.05. The Hall–Kier alpha value is -3.54. The number of sulfonamides is 1. The highest BCUT2D eigenvalue weighted by Gasteiger charge is 2.51. The number of nitrogens with one attached hydrogen (secondary N) is 2. The molecule has 2 aromatic heterocycles. The fourth-order valence-corrected chi connectivity index (χ4v) is 5.16. The van der Waals surface area contributed by atoms with Gasteiger partial charge in [0, 0.05) is 13.0 Å². The van der Waals surface area contributed by atoms with Crippen LogP contribution < -0.4 is 15.8 Å². The van der Waals surface area contributed by atoms with Crippen LogP contribution in [-0.2, 0) is 30.8 Å². The Bertz CT molecular complexity index is 1550. The number of hydrogen-bond acceptors (Lipinski definition) is 10. The number of carbonyl (C=O) groups is 2. The minimum Gasteiger partial charge on any atom is -0.451 e. The first-order chi connectivity index (χ1) is 19.2. The van der Waals surface area contributed by atoms with Crippen LogP contribution in [0.2, 0.25) is 5.28 Å². The highest BCUT2D eigenvalue weighted by molar-refractivity contribution is 7.89. The Kier molecular flexibility index (Phi) is 8.72. The summed E-state index contributed by atoms with van der Waals surface area (Å²) < 4.78 is 67.9. The van der Waals surface area contributed by atoms with Crippen LogP contribution in [0.15, 0.2) is 35.5 Å². The van der Waals surface area contributed by atoms with Crippen LogP contribution in [0.5, 0.6) is 0 Å². The standard InChI is InChI=1S/C23H25ClF3N7O6S/c1-2-15(35)31-13-9-14(18(17(13)36)40-21(37)23(25,26)27)34-10-30-16-19(32-22(24)33-20(16)34)29-8-7-11-3-5-12(6-4-11)41(28,38)39/h3-6,10,13-14,17-18,36H,2,7-9H2,1H3,(H,31,35)(H2,28,38,39)(H,29,32,33)/t13-,14+,17+,18-/m0/s1. The van der Waals surface area contributed by atoms with Gasteiger partial charge in [0.25, 0.3) is 0 Å². The van der Waals surface area contributed by atoms with E-state index in [9.17, 15) is 36.3 Å². The van der Waals surface area contributed by atoms with Gasteiger partial charge in [-0.05, 0) is 42.1 Å². The van der Waals surface area contributed by atoms with Crippen LogP contribution in [0.4, 0.5) is 19.0 Å². The quantitative estimate of drug-likeness (QED) is 0.201. The molecular formula is C23H25ClF3N7O6S. The minimum atomic E-state index is -5.31. The number of esters is 1. The van der Waals surface area contributed by atoms with E-state index in [0.29, 0.717) is 13.0 Å². The molecule has 3 aromatic rings. The Morgan fingerprint density at radius 3 is 2.54 bits per heavy atom. The molecule has 1 amide bonds. The van der Waals surface area contributed by atoms with Crippen molar-refractivity contribution in [3.05, 3.63) is 41.4 Å². The van der Waals surface area contributed by atoms with E-state index in [4.69, 9.17) is 16.7 Å². The molecule has 0 unspecified atom stereocenters. The van der Waals surface area contributed by atoms with Crippen LogP contribution in [0.1, 0.15) is 31.4 Å². The lowest BCUT2D eigenvalue weighted by Gasteiger charge is -2.24. The average molecular weight is 620 g/mol. The summed E-state index contributed by atoms with van der Waals surface area (Å²) in [5.74, 6) is -2.76. The number of carbonyl (C=O) groups excluding carboxylic acids is 2. The van der Waals surface area contributed by atoms with Crippen molar-refractivity contribution in [2.75, 3.05) is 11.9 Å². The molecule has 0 aliphatic heterocycles. The number of rotatable bonds is 9. The number of nitrogens with two attached hydrogens (primary N) is 1. The Labute approximate surface area is 236 Å². The van der Waals surface area contributed by atoms with Crippen LogP contribution in [-0.4, -0.2) is 75.9 Å². The monoisotopic (exact) mass is 619 g/mol. The van der Waals surface area contributed by atoms with Gasteiger partial charge in [-0.3, -0.25) is 4.79 Å². The molecule has 0 spiro atoms. The maximum Gasteiger partial charge on any atom is 0.490 e. The maximum absolute atomic E-state index is 13.0. The van der Waals surface area contributed by atoms with Gasteiger partial charge in [-0.2, -0.15) is 23.1 Å². The summed E-state index contributed by atoms with van der Waals surface area (Å²) in [4.78, 5) is 36.1. The second-order valence-corrected chi connectivity index (χ2v) is 11.1. The van der Waals surface area contributed by atoms with E-state index in [1.807, 2.05) is 0 Å². The van der Waals surface area contributed by atoms with Gasteiger partial charge in [-0.1, -0.05) is 19.1 Å². The van der Waals surface area contributed by atoms with E-state index >= 15 is 0 Å². The average Bonchev–Trinajstić information content (AvgIpc) is 3.44. The highest BCUT2D eigenvalue weighted by Crippen LogP contribution is 2.37. The topological polar surface area (TPSA) is 191 Å². The molecule has 1 aromatic carbocycles. The molecule has 2 heterocycles. The van der Waals surface area contributed by atoms with E-state index in [0.717, 1.165) is 5.56 Å². The number of amides is 1. The van der Waals surface area contributed by atoms with Crippen molar-refractivity contribution in [2.45, 2.75) is 61.5 Å². The Morgan fingerprint density at radius 1 is 1.24 bits per heavy atom. The van der Waals surface area contributed by atoms with Gasteiger partial charge in [0.05, 0.1) is 23.3 Å². The number of aliphatic hydroxyl groups excluding tert-OH is 1. The first-order valence-corrected chi connectivity index (χ1v) is 14.1. The van der Waals surface area contributed by atoms with Crippen LogP contribution in [0.25, 0.3) is 11.2 Å². The molecule has 41 heavy (non-hydrogen) atoms. The first kappa shape index (κ1) is 30.4. The predicted molar refractivity (Wildman–Crippen MR) is 138 cm³/mol. The number of ether oxygens (including phenoxy) is 1. The number of primary sulfonamides is 1. The number of fused-ring (bicyclic) bond motifs is 1. The fraction of sp³-hybridized carbons (Fsp3) is 0.435. The van der Waals surface area contributed by atoms with E-state index < -0.39 is 52.4 Å². The number of aliphatic hydroxyl groups is 1. The molecule has 13 nitrogen and oxygen atoms in total. The van der Waals surface area contributed by atoms with Gasteiger partial charge in [0.2, 0.25) is 21.2 Å². The molecule has 1 saturated carbocycles. The van der Waals surface area contributed by atoms with Crippen molar-refractivity contribution in [3.63, 3.8) is 0 Å². The number of anilines is 1. The molecule has 0 radical (unpaired) electrons. The zero-order chi connectivity index (χ0) is 30.1. The Balaban J connectivity index is 1.59.